The number of nitrogens with one attached hydrogen (secondary N) is 1. The minimum atomic E-state index is -1.09. The summed E-state index contributed by atoms with van der Waals surface area (Å²) in [6, 6.07) is 13.2. The van der Waals surface area contributed by atoms with Gasteiger partial charge in [-0.1, -0.05) is 56.7 Å². The number of hydrogen-bond acceptors (Lipinski definition) is 5. The molecule has 0 aliphatic rings. The predicted molar refractivity (Wildman–Crippen MR) is 133 cm³/mol. The molecule has 1 atom stereocenters. The van der Waals surface area contributed by atoms with Gasteiger partial charge in [0.15, 0.2) is 0 Å². The van der Waals surface area contributed by atoms with Crippen molar-refractivity contribution in [1.29, 1.82) is 0 Å². The molecule has 0 spiro atoms. The molecule has 3 rings (SSSR count). The lowest BCUT2D eigenvalue weighted by molar-refractivity contribution is -0.141. The molecule has 186 valence electrons. The number of methoxy groups -OCH3 is 1. The van der Waals surface area contributed by atoms with Crippen molar-refractivity contribution in [3.8, 4) is 5.75 Å². The SMILES string of the molecule is COc1cc(/N=c2\[nH]c(=O)n(C[C@H](C)C(=O)O)c(=O)n2Cc2ccc(C)cc2)ccc1CC(C)C. The highest BCUT2D eigenvalue weighted by Crippen LogP contribution is 2.26. The molecule has 3 aromatic rings. The summed E-state index contributed by atoms with van der Waals surface area (Å²) in [5.74, 6) is -0.887. The van der Waals surface area contributed by atoms with Gasteiger partial charge in [0.25, 0.3) is 0 Å². The van der Waals surface area contributed by atoms with Crippen molar-refractivity contribution in [1.82, 2.24) is 14.1 Å². The maximum absolute atomic E-state index is 13.4. The summed E-state index contributed by atoms with van der Waals surface area (Å²) in [6.07, 6.45) is 0.839. The summed E-state index contributed by atoms with van der Waals surface area (Å²) in [6.45, 7) is 7.55. The number of H-pyrrole nitrogens is 1. The van der Waals surface area contributed by atoms with Crippen molar-refractivity contribution in [3.05, 3.63) is 85.7 Å². The van der Waals surface area contributed by atoms with E-state index in [-0.39, 0.29) is 18.7 Å². The number of carboxylic acid groups (broad SMARTS) is 1. The number of carbonyl (C=O) groups is 1. The number of carboxylic acids is 1. The third kappa shape index (κ3) is 6.38. The van der Waals surface area contributed by atoms with E-state index in [4.69, 9.17) is 4.74 Å². The number of nitrogens with zero attached hydrogens (tertiary/aromatic N) is 3. The van der Waals surface area contributed by atoms with Gasteiger partial charge in [-0.3, -0.25) is 14.3 Å². The van der Waals surface area contributed by atoms with Crippen molar-refractivity contribution in [2.24, 2.45) is 16.8 Å². The Kier molecular flexibility index (Phi) is 8.11. The summed E-state index contributed by atoms with van der Waals surface area (Å²) in [5, 5.41) is 9.27. The normalized spacial score (nSPS) is 12.7. The molecule has 0 saturated heterocycles. The lowest BCUT2D eigenvalue weighted by Crippen LogP contribution is -2.51. The van der Waals surface area contributed by atoms with E-state index in [0.717, 1.165) is 27.7 Å². The van der Waals surface area contributed by atoms with E-state index in [1.165, 1.54) is 11.5 Å². The second-order valence-electron chi connectivity index (χ2n) is 9.16. The van der Waals surface area contributed by atoms with Crippen molar-refractivity contribution in [2.45, 2.75) is 47.2 Å². The Morgan fingerprint density at radius 2 is 1.77 bits per heavy atom. The second kappa shape index (κ2) is 11.0. The second-order valence-corrected chi connectivity index (χ2v) is 9.16. The van der Waals surface area contributed by atoms with Gasteiger partial charge in [0.2, 0.25) is 5.62 Å². The minimum Gasteiger partial charge on any atom is -0.496 e. The summed E-state index contributed by atoms with van der Waals surface area (Å²) < 4.78 is 7.78. The van der Waals surface area contributed by atoms with Gasteiger partial charge in [-0.25, -0.2) is 19.1 Å². The molecule has 0 unspecified atom stereocenters. The maximum Gasteiger partial charge on any atom is 0.335 e. The molecular weight excluding hydrogens is 448 g/mol. The van der Waals surface area contributed by atoms with Crippen LogP contribution in [0.4, 0.5) is 5.69 Å². The fraction of sp³-hybridized carbons (Fsp3) is 0.385. The molecular formula is C26H32N4O5. The van der Waals surface area contributed by atoms with Gasteiger partial charge in [0.1, 0.15) is 5.75 Å². The molecule has 1 heterocycles. The topological polar surface area (TPSA) is 119 Å². The fourth-order valence-electron chi connectivity index (χ4n) is 3.71. The summed E-state index contributed by atoms with van der Waals surface area (Å²) in [4.78, 5) is 44.7. The molecule has 0 aliphatic heterocycles. The molecule has 0 radical (unpaired) electrons. The number of ether oxygens (including phenoxy) is 1. The zero-order valence-electron chi connectivity index (χ0n) is 20.7. The van der Waals surface area contributed by atoms with Crippen LogP contribution in [0.3, 0.4) is 0 Å². The first-order chi connectivity index (χ1) is 16.6. The van der Waals surface area contributed by atoms with Gasteiger partial charge in [-0.2, -0.15) is 0 Å². The van der Waals surface area contributed by atoms with Crippen molar-refractivity contribution >= 4 is 11.7 Å². The van der Waals surface area contributed by atoms with Crippen LogP contribution >= 0.6 is 0 Å². The average Bonchev–Trinajstić information content (AvgIpc) is 2.80. The Labute approximate surface area is 203 Å². The minimum absolute atomic E-state index is 0.0680. The van der Waals surface area contributed by atoms with E-state index in [9.17, 15) is 19.5 Å². The molecule has 0 fully saturated rings. The Morgan fingerprint density at radius 3 is 2.37 bits per heavy atom. The lowest BCUT2D eigenvalue weighted by atomic mass is 10.0. The Morgan fingerprint density at radius 1 is 1.09 bits per heavy atom. The van der Waals surface area contributed by atoms with E-state index >= 15 is 0 Å². The number of aryl methyl sites for hydroxylation is 1. The van der Waals surface area contributed by atoms with Crippen LogP contribution in [0.5, 0.6) is 5.75 Å². The first-order valence-electron chi connectivity index (χ1n) is 11.5. The first kappa shape index (κ1) is 25.7. The molecule has 0 saturated carbocycles. The van der Waals surface area contributed by atoms with Crippen molar-refractivity contribution < 1.29 is 14.6 Å². The van der Waals surface area contributed by atoms with Crippen LogP contribution in [0, 0.1) is 18.8 Å². The van der Waals surface area contributed by atoms with Gasteiger partial charge in [-0.15, -0.1) is 0 Å². The van der Waals surface area contributed by atoms with E-state index in [1.807, 2.05) is 43.3 Å². The number of aliphatic carboxylic acids is 1. The van der Waals surface area contributed by atoms with Gasteiger partial charge >= 0.3 is 17.3 Å². The van der Waals surface area contributed by atoms with E-state index in [0.29, 0.717) is 17.4 Å². The number of aromatic amines is 1. The number of hydrogen-bond donors (Lipinski definition) is 2. The van der Waals surface area contributed by atoms with Crippen molar-refractivity contribution in [3.63, 3.8) is 0 Å². The molecule has 0 amide bonds. The molecule has 2 aromatic carbocycles. The molecule has 0 bridgehead atoms. The molecule has 1 aromatic heterocycles. The van der Waals surface area contributed by atoms with Crippen LogP contribution in [0.2, 0.25) is 0 Å². The highest BCUT2D eigenvalue weighted by atomic mass is 16.5. The number of rotatable bonds is 9. The Bertz CT molecular complexity index is 1380. The van der Waals surface area contributed by atoms with Crippen LogP contribution in [0.15, 0.2) is 57.0 Å². The van der Waals surface area contributed by atoms with E-state index in [2.05, 4.69) is 23.8 Å². The monoisotopic (exact) mass is 480 g/mol. The van der Waals surface area contributed by atoms with E-state index < -0.39 is 23.3 Å². The van der Waals surface area contributed by atoms with Crippen LogP contribution in [-0.2, 0) is 24.3 Å². The van der Waals surface area contributed by atoms with Crippen LogP contribution in [0.25, 0.3) is 0 Å². The van der Waals surface area contributed by atoms with E-state index in [1.54, 1.807) is 13.2 Å². The third-order valence-corrected chi connectivity index (χ3v) is 5.65. The molecule has 2 N–H and O–H groups in total. The molecule has 9 nitrogen and oxygen atoms in total. The number of aromatic nitrogens is 3. The van der Waals surface area contributed by atoms with Crippen LogP contribution in [0.1, 0.15) is 37.5 Å². The maximum atomic E-state index is 13.4. The third-order valence-electron chi connectivity index (χ3n) is 5.65. The predicted octanol–water partition coefficient (Wildman–Crippen LogP) is 2.86. The van der Waals surface area contributed by atoms with Crippen LogP contribution in [-0.4, -0.2) is 32.3 Å². The number of benzene rings is 2. The standard InChI is InChI=1S/C26H32N4O5/c1-16(2)12-20-10-11-21(13-22(20)35-5)27-24-28-25(33)30(14-18(4)23(31)32)26(34)29(24)15-19-8-6-17(3)7-9-19/h6-11,13,16,18H,12,14-15H2,1-5H3,(H,31,32)(H,27,28,33)/t18-/m0/s1. The first-order valence-corrected chi connectivity index (χ1v) is 11.5. The average molecular weight is 481 g/mol. The highest BCUT2D eigenvalue weighted by Gasteiger charge is 2.17. The van der Waals surface area contributed by atoms with Crippen LogP contribution < -0.4 is 21.7 Å². The largest absolute Gasteiger partial charge is 0.496 e. The Balaban J connectivity index is 2.18. The quantitative estimate of drug-likeness (QED) is 0.488. The van der Waals surface area contributed by atoms with Gasteiger partial charge in [0, 0.05) is 12.6 Å². The van der Waals surface area contributed by atoms with Crippen molar-refractivity contribution in [2.75, 3.05) is 7.11 Å². The molecule has 35 heavy (non-hydrogen) atoms. The lowest BCUT2D eigenvalue weighted by Gasteiger charge is -2.13. The zero-order valence-corrected chi connectivity index (χ0v) is 20.7. The molecule has 9 heteroatoms. The van der Waals surface area contributed by atoms with Gasteiger partial charge < -0.3 is 9.84 Å². The fourth-order valence-corrected chi connectivity index (χ4v) is 3.71. The Hall–Kier alpha value is -3.88. The summed E-state index contributed by atoms with van der Waals surface area (Å²) in [5.41, 5.74) is 2.18. The zero-order chi connectivity index (χ0) is 25.7. The summed E-state index contributed by atoms with van der Waals surface area (Å²) in [7, 11) is 1.59. The smallest absolute Gasteiger partial charge is 0.335 e. The molecule has 0 aliphatic carbocycles. The summed E-state index contributed by atoms with van der Waals surface area (Å²) >= 11 is 0. The van der Waals surface area contributed by atoms with Gasteiger partial charge in [-0.05, 0) is 36.5 Å². The van der Waals surface area contributed by atoms with Gasteiger partial charge in [0.05, 0.1) is 25.3 Å². The highest BCUT2D eigenvalue weighted by molar-refractivity contribution is 5.69.